The van der Waals surface area contributed by atoms with Gasteiger partial charge in [0.2, 0.25) is 0 Å². The van der Waals surface area contributed by atoms with Gasteiger partial charge in [0.15, 0.2) is 0 Å². The van der Waals surface area contributed by atoms with Crippen molar-refractivity contribution in [2.24, 2.45) is 0 Å². The van der Waals surface area contributed by atoms with Crippen LogP contribution in [0.1, 0.15) is 92.5 Å². The van der Waals surface area contributed by atoms with Crippen LogP contribution in [0, 0.1) is 26.0 Å². The molecule has 6 aromatic rings. The Balaban J connectivity index is 0.000000195. The minimum atomic E-state index is 0.0380. The van der Waals surface area contributed by atoms with Crippen LogP contribution in [0.3, 0.4) is 0 Å². The van der Waals surface area contributed by atoms with Crippen LogP contribution in [-0.2, 0) is 41.5 Å². The van der Waals surface area contributed by atoms with Crippen molar-refractivity contribution in [2.45, 2.75) is 79.1 Å². The van der Waals surface area contributed by atoms with E-state index in [1.807, 2.05) is 12.2 Å². The second-order valence-corrected chi connectivity index (χ2v) is 17.8. The van der Waals surface area contributed by atoms with Crippen LogP contribution in [-0.4, -0.2) is 3.21 Å². The predicted molar refractivity (Wildman–Crippen MR) is 229 cm³/mol. The molecule has 0 heterocycles. The molecule has 0 saturated heterocycles. The molecule has 0 unspecified atom stereocenters. The molecule has 0 bridgehead atoms. The van der Waals surface area contributed by atoms with Crippen LogP contribution in [0.15, 0.2) is 146 Å². The Hall–Kier alpha value is -4.45. The first-order valence-electron chi connectivity index (χ1n) is 19.1. The third kappa shape index (κ3) is 9.43. The smallest absolute Gasteiger partial charge is 0.109 e. The maximum absolute atomic E-state index is 3.88. The van der Waals surface area contributed by atoms with Gasteiger partial charge in [-0.1, -0.05) is 131 Å². The van der Waals surface area contributed by atoms with Crippen LogP contribution >= 0.6 is 0 Å². The van der Waals surface area contributed by atoms with Crippen LogP contribution < -0.4 is 0 Å². The number of fused-ring (bicyclic) bond motifs is 3. The van der Waals surface area contributed by atoms with Gasteiger partial charge in [-0.05, 0) is 39.5 Å². The molecular formula is C53H52Zr. The van der Waals surface area contributed by atoms with Gasteiger partial charge >= 0.3 is 112 Å². The van der Waals surface area contributed by atoms with Crippen molar-refractivity contribution >= 4 is 3.21 Å². The van der Waals surface area contributed by atoms with E-state index in [1.54, 1.807) is 0 Å². The molecule has 2 aliphatic rings. The van der Waals surface area contributed by atoms with E-state index in [2.05, 4.69) is 201 Å². The molecule has 0 fully saturated rings. The maximum Gasteiger partial charge on any atom is -0.109 e. The van der Waals surface area contributed by atoms with Crippen LogP contribution in [0.5, 0.6) is 0 Å². The zero-order valence-corrected chi connectivity index (χ0v) is 35.7. The molecule has 0 atom stereocenters. The fraction of sp³-hybridized carbons (Fsp3) is 0.226. The second-order valence-electron chi connectivity index (χ2n) is 16.5. The van der Waals surface area contributed by atoms with Gasteiger partial charge in [-0.15, -0.1) is 35.2 Å². The van der Waals surface area contributed by atoms with E-state index in [9.17, 15) is 0 Å². The molecule has 0 saturated carbocycles. The normalized spacial score (nSPS) is 12.6. The van der Waals surface area contributed by atoms with Gasteiger partial charge < -0.3 is 0 Å². The van der Waals surface area contributed by atoms with Gasteiger partial charge in [-0.3, -0.25) is 6.08 Å². The van der Waals surface area contributed by atoms with E-state index in [4.69, 9.17) is 0 Å². The van der Waals surface area contributed by atoms with Crippen LogP contribution in [0.4, 0.5) is 0 Å². The first kappa shape index (κ1) is 39.3. The topological polar surface area (TPSA) is 0 Å². The van der Waals surface area contributed by atoms with Crippen molar-refractivity contribution in [3.05, 3.63) is 202 Å². The summed E-state index contributed by atoms with van der Waals surface area (Å²) in [4.78, 5) is 0. The summed E-state index contributed by atoms with van der Waals surface area (Å²) >= 11 is 1.47. The Bertz CT molecular complexity index is 2140. The van der Waals surface area contributed by atoms with E-state index < -0.39 is 0 Å². The number of rotatable bonds is 4. The third-order valence-corrected chi connectivity index (χ3v) is 11.4. The summed E-state index contributed by atoms with van der Waals surface area (Å²) in [5.41, 5.74) is 18.8. The fourth-order valence-electron chi connectivity index (χ4n) is 7.21. The van der Waals surface area contributed by atoms with Crippen molar-refractivity contribution in [1.29, 1.82) is 0 Å². The molecule has 0 radical (unpaired) electrons. The zero-order chi connectivity index (χ0) is 38.5. The monoisotopic (exact) mass is 778 g/mol. The number of allylic oxidation sites excluding steroid dienone is 4. The standard InChI is InChI=1S/C33H33.C15H14.C5H5.Zr/c1-32(2,3)30-20-26-24(18-28(30)22-13-9-7-10-14-22)17-25-19-29(23-15-11-8-12-16-23)31(21-27(25)26)33(4,5)6;1-12-5-3-7-14(9-12)11-15-8-4-6-13(2)10-15;1-2-4-5-3-1;/h7-16,18,20-21H,17H2,1-6H3;3-10H,1-2H3;1-3H,4H2;/q-1;;-1;+2. The Morgan fingerprint density at radius 3 is 1.61 bits per heavy atom. The van der Waals surface area contributed by atoms with E-state index in [0.29, 0.717) is 0 Å². The van der Waals surface area contributed by atoms with Crippen molar-refractivity contribution in [1.82, 2.24) is 0 Å². The second kappa shape index (κ2) is 16.9. The summed E-state index contributed by atoms with van der Waals surface area (Å²) in [6.07, 6.45) is 10.9. The minimum absolute atomic E-state index is 0.0380. The molecule has 0 nitrogen and oxygen atoms in total. The average Bonchev–Trinajstić information content (AvgIpc) is 3.86. The van der Waals surface area contributed by atoms with E-state index >= 15 is 0 Å². The first-order valence-corrected chi connectivity index (χ1v) is 20.3. The molecule has 2 aliphatic carbocycles. The van der Waals surface area contributed by atoms with Crippen LogP contribution in [0.25, 0.3) is 33.4 Å². The van der Waals surface area contributed by atoms with Crippen molar-refractivity contribution in [2.75, 3.05) is 0 Å². The van der Waals surface area contributed by atoms with Gasteiger partial charge in [0.05, 0.1) is 0 Å². The Morgan fingerprint density at radius 2 is 1.13 bits per heavy atom. The van der Waals surface area contributed by atoms with Crippen molar-refractivity contribution in [3.8, 4) is 33.4 Å². The van der Waals surface area contributed by atoms with Gasteiger partial charge in [0.1, 0.15) is 0 Å². The summed E-state index contributed by atoms with van der Waals surface area (Å²) in [6, 6.07) is 50.3. The fourth-order valence-corrected chi connectivity index (χ4v) is 7.97. The first-order chi connectivity index (χ1) is 25.8. The van der Waals surface area contributed by atoms with Crippen molar-refractivity contribution in [3.63, 3.8) is 0 Å². The Kier molecular flexibility index (Phi) is 12.3. The number of hydrogen-bond donors (Lipinski definition) is 0. The molecule has 0 aliphatic heterocycles. The Morgan fingerprint density at radius 1 is 0.574 bits per heavy atom. The summed E-state index contributed by atoms with van der Waals surface area (Å²) in [5.74, 6) is 0. The molecule has 0 N–H and O–H groups in total. The number of aryl methyl sites for hydroxylation is 2. The third-order valence-electron chi connectivity index (χ3n) is 10.0. The largest absolute Gasteiger partial charge is 0.273 e. The van der Waals surface area contributed by atoms with Gasteiger partial charge in [0, 0.05) is 0 Å². The predicted octanol–water partition coefficient (Wildman–Crippen LogP) is 13.7. The molecule has 8 rings (SSSR count). The van der Waals surface area contributed by atoms with Crippen molar-refractivity contribution < 1.29 is 24.2 Å². The molecule has 268 valence electrons. The summed E-state index contributed by atoms with van der Waals surface area (Å²) < 4.78 is 1.43. The maximum atomic E-state index is 3.88. The minimum Gasteiger partial charge on any atom is -0.273 e. The summed E-state index contributed by atoms with van der Waals surface area (Å²) in [7, 11) is 0. The van der Waals surface area contributed by atoms with Crippen LogP contribution in [0.2, 0.25) is 0 Å². The molecule has 54 heavy (non-hydrogen) atoms. The van der Waals surface area contributed by atoms with E-state index in [0.717, 1.165) is 12.8 Å². The molecule has 0 spiro atoms. The van der Waals surface area contributed by atoms with Gasteiger partial charge in [-0.2, -0.15) is 6.08 Å². The van der Waals surface area contributed by atoms with E-state index in [1.165, 1.54) is 105 Å². The number of benzene rings is 6. The quantitative estimate of drug-likeness (QED) is 0.156. The molecule has 0 aromatic heterocycles. The van der Waals surface area contributed by atoms with E-state index in [-0.39, 0.29) is 10.8 Å². The van der Waals surface area contributed by atoms with Gasteiger partial charge in [-0.25, -0.2) is 12.2 Å². The SMILES string of the molecule is CC(C)(C)c1cc2c([c-]c1-c1ccccc1)Cc1cc(-c3ccccc3)c(C(C)(C)C)cc1-2.Cc1cccc([C](=[Zr+2])c2cccc(C)c2)c1.[C-]1=CC=CC1. The molecule has 1 heteroatoms. The summed E-state index contributed by atoms with van der Waals surface area (Å²) in [5, 5.41) is 0. The Labute approximate surface area is 340 Å². The molecule has 0 amide bonds. The molecular weight excluding hydrogens is 728 g/mol. The number of hydrogen-bond acceptors (Lipinski definition) is 0. The summed E-state index contributed by atoms with van der Waals surface area (Å²) in [6.45, 7) is 18.2. The molecule has 6 aromatic carbocycles. The zero-order valence-electron chi connectivity index (χ0n) is 33.3. The van der Waals surface area contributed by atoms with Gasteiger partial charge in [0.25, 0.3) is 0 Å². The average molecular weight is 780 g/mol.